The Balaban J connectivity index is 1.68. The molecular weight excluding hydrogens is 407 g/mol. The van der Waals surface area contributed by atoms with Crippen LogP contribution in [0, 0.1) is 5.82 Å². The molecule has 1 aromatic heterocycles. The van der Waals surface area contributed by atoms with Crippen LogP contribution < -0.4 is 19.7 Å². The van der Waals surface area contributed by atoms with Gasteiger partial charge in [-0.05, 0) is 30.3 Å². The van der Waals surface area contributed by atoms with Crippen molar-refractivity contribution in [3.63, 3.8) is 0 Å². The van der Waals surface area contributed by atoms with Crippen molar-refractivity contribution in [1.29, 1.82) is 0 Å². The van der Waals surface area contributed by atoms with Crippen molar-refractivity contribution in [2.75, 3.05) is 10.1 Å². The highest BCUT2D eigenvalue weighted by atomic mass is 32.2. The van der Waals surface area contributed by atoms with Gasteiger partial charge in [-0.15, -0.1) is 0 Å². The Morgan fingerprint density at radius 1 is 1.03 bits per heavy atom. The number of carbonyl (C=O) groups excluding carboxylic acids is 3. The minimum atomic E-state index is -4.03. The second-order valence-corrected chi connectivity index (χ2v) is 8.28. The molecule has 0 radical (unpaired) electrons. The second kappa shape index (κ2) is 6.51. The third kappa shape index (κ3) is 3.06. The Morgan fingerprint density at radius 2 is 1.69 bits per heavy atom. The van der Waals surface area contributed by atoms with E-state index in [1.54, 1.807) is 0 Å². The summed E-state index contributed by atoms with van der Waals surface area (Å²) in [6.07, 6.45) is 0.800. The van der Waals surface area contributed by atoms with Gasteiger partial charge in [-0.3, -0.25) is 20.2 Å². The number of sulfonamides is 1. The summed E-state index contributed by atoms with van der Waals surface area (Å²) in [6, 6.07) is 6.81. The van der Waals surface area contributed by atoms with Gasteiger partial charge in [0.05, 0.1) is 17.6 Å². The molecule has 29 heavy (non-hydrogen) atoms. The first kappa shape index (κ1) is 18.8. The van der Waals surface area contributed by atoms with E-state index in [1.165, 1.54) is 36.4 Å². The number of imide groups is 2. The number of rotatable bonds is 3. The predicted molar refractivity (Wildman–Crippen MR) is 96.0 cm³/mol. The summed E-state index contributed by atoms with van der Waals surface area (Å²) in [5, 5.41) is 3.87. The van der Waals surface area contributed by atoms with Crippen LogP contribution in [0.2, 0.25) is 0 Å². The lowest BCUT2D eigenvalue weighted by atomic mass is 9.92. The number of nitrogens with zero attached hydrogens (tertiary/aromatic N) is 2. The van der Waals surface area contributed by atoms with Gasteiger partial charge in [-0.1, -0.05) is 0 Å². The Labute approximate surface area is 163 Å². The Hall–Kier alpha value is -3.54. The van der Waals surface area contributed by atoms with Gasteiger partial charge >= 0.3 is 6.03 Å². The van der Waals surface area contributed by atoms with Crippen molar-refractivity contribution in [1.82, 2.24) is 15.6 Å². The molecular formula is C17H13FN4O6S. The number of urea groups is 1. The highest BCUT2D eigenvalue weighted by Crippen LogP contribution is 2.38. The third-order valence-electron chi connectivity index (χ3n) is 4.54. The van der Waals surface area contributed by atoms with Crippen LogP contribution in [0.5, 0.6) is 11.6 Å². The molecule has 4 rings (SSSR count). The molecule has 2 saturated heterocycles. The molecule has 2 aliphatic heterocycles. The number of hydrogen-bond acceptors (Lipinski definition) is 7. The largest absolute Gasteiger partial charge is 0.439 e. The molecule has 10 nitrogen and oxygen atoms in total. The molecule has 12 heteroatoms. The molecule has 4 amide bonds. The number of pyridine rings is 1. The van der Waals surface area contributed by atoms with E-state index in [-0.39, 0.29) is 18.0 Å². The summed E-state index contributed by atoms with van der Waals surface area (Å²) < 4.78 is 44.3. The number of halogens is 1. The molecule has 3 heterocycles. The van der Waals surface area contributed by atoms with Crippen molar-refractivity contribution < 1.29 is 31.9 Å². The van der Waals surface area contributed by atoms with E-state index < -0.39 is 45.0 Å². The number of aromatic nitrogens is 1. The summed E-state index contributed by atoms with van der Waals surface area (Å²) in [6.45, 7) is 0. The smallest absolute Gasteiger partial charge is 0.328 e. The van der Waals surface area contributed by atoms with Gasteiger partial charge in [0.25, 0.3) is 11.8 Å². The van der Waals surface area contributed by atoms with Crippen LogP contribution in [0.3, 0.4) is 0 Å². The zero-order valence-corrected chi connectivity index (χ0v) is 15.4. The molecule has 0 atom stereocenters. The molecule has 2 N–H and O–H groups in total. The summed E-state index contributed by atoms with van der Waals surface area (Å²) >= 11 is 0. The van der Waals surface area contributed by atoms with Crippen molar-refractivity contribution in [3.8, 4) is 11.6 Å². The number of nitrogens with one attached hydrogen (secondary N) is 2. The van der Waals surface area contributed by atoms with E-state index in [4.69, 9.17) is 4.74 Å². The maximum absolute atomic E-state index is 13.0. The fraction of sp³-hybridized carbons (Fsp3) is 0.176. The molecule has 0 saturated carbocycles. The molecule has 1 aromatic carbocycles. The predicted octanol–water partition coefficient (Wildman–Crippen LogP) is 0.658. The molecule has 2 fully saturated rings. The number of ether oxygens (including phenoxy) is 1. The van der Waals surface area contributed by atoms with E-state index in [1.807, 2.05) is 10.6 Å². The average Bonchev–Trinajstić information content (AvgIpc) is 2.95. The first-order chi connectivity index (χ1) is 13.7. The standard InChI is InChI=1S/C17H13FN4O6S/c18-10-1-4-12(5-2-10)28-13-6-3-11(9-19-13)22-17(7-8-29(22,26)27)14(23)20-16(25)21-15(17)24/h1-6,9H,7-8H2,(H2,20,21,23,24,25). The van der Waals surface area contributed by atoms with Crippen LogP contribution in [0.15, 0.2) is 42.6 Å². The number of benzene rings is 1. The molecule has 2 aromatic rings. The van der Waals surface area contributed by atoms with Crippen LogP contribution in [-0.2, 0) is 19.6 Å². The first-order valence-corrected chi connectivity index (χ1v) is 9.93. The van der Waals surface area contributed by atoms with Gasteiger partial charge in [0, 0.05) is 12.5 Å². The van der Waals surface area contributed by atoms with E-state index in [2.05, 4.69) is 4.98 Å². The fourth-order valence-corrected chi connectivity index (χ4v) is 5.12. The summed E-state index contributed by atoms with van der Waals surface area (Å²) in [4.78, 5) is 40.3. The topological polar surface area (TPSA) is 135 Å². The number of barbiturate groups is 1. The van der Waals surface area contributed by atoms with Gasteiger partial charge in [0.15, 0.2) is 0 Å². The molecule has 0 bridgehead atoms. The number of carbonyl (C=O) groups is 3. The van der Waals surface area contributed by atoms with Crippen molar-refractivity contribution in [2.45, 2.75) is 12.0 Å². The second-order valence-electron chi connectivity index (χ2n) is 6.34. The van der Waals surface area contributed by atoms with Gasteiger partial charge in [0.2, 0.25) is 21.4 Å². The van der Waals surface area contributed by atoms with E-state index in [0.29, 0.717) is 10.1 Å². The fourth-order valence-electron chi connectivity index (χ4n) is 3.22. The van der Waals surface area contributed by atoms with Crippen LogP contribution in [-0.4, -0.2) is 42.5 Å². The Kier molecular flexibility index (Phi) is 4.22. The number of hydrogen-bond donors (Lipinski definition) is 2. The van der Waals surface area contributed by atoms with E-state index >= 15 is 0 Å². The lowest BCUT2D eigenvalue weighted by molar-refractivity contribution is -0.137. The normalized spacial score (nSPS) is 19.8. The van der Waals surface area contributed by atoms with Crippen LogP contribution in [0.4, 0.5) is 14.9 Å². The quantitative estimate of drug-likeness (QED) is 0.697. The highest BCUT2D eigenvalue weighted by Gasteiger charge is 2.62. The minimum Gasteiger partial charge on any atom is -0.439 e. The van der Waals surface area contributed by atoms with E-state index in [0.717, 1.165) is 6.20 Å². The van der Waals surface area contributed by atoms with E-state index in [9.17, 15) is 27.2 Å². The van der Waals surface area contributed by atoms with Crippen molar-refractivity contribution in [3.05, 3.63) is 48.4 Å². The minimum absolute atomic E-state index is 0.0476. The molecule has 150 valence electrons. The monoisotopic (exact) mass is 420 g/mol. The molecule has 0 unspecified atom stereocenters. The molecule has 2 aliphatic rings. The number of amides is 4. The lowest BCUT2D eigenvalue weighted by Gasteiger charge is -2.37. The van der Waals surface area contributed by atoms with Crippen molar-refractivity contribution in [2.24, 2.45) is 0 Å². The summed E-state index contributed by atoms with van der Waals surface area (Å²) in [5.41, 5.74) is -2.16. The highest BCUT2D eigenvalue weighted by molar-refractivity contribution is 7.93. The van der Waals surface area contributed by atoms with Gasteiger partial charge in [0.1, 0.15) is 11.6 Å². The van der Waals surface area contributed by atoms with Crippen LogP contribution >= 0.6 is 0 Å². The zero-order valence-electron chi connectivity index (χ0n) is 14.6. The van der Waals surface area contributed by atoms with Crippen LogP contribution in [0.25, 0.3) is 0 Å². The number of anilines is 1. The first-order valence-electron chi connectivity index (χ1n) is 8.32. The molecule has 1 spiro atoms. The SMILES string of the molecule is O=C1NC(=O)C2(CCS(=O)(=O)N2c2ccc(Oc3ccc(F)cc3)nc2)C(=O)N1. The molecule has 0 aliphatic carbocycles. The Bertz CT molecular complexity index is 1100. The van der Waals surface area contributed by atoms with Crippen LogP contribution in [0.1, 0.15) is 6.42 Å². The van der Waals surface area contributed by atoms with Gasteiger partial charge in [-0.2, -0.15) is 0 Å². The third-order valence-corrected chi connectivity index (χ3v) is 6.34. The zero-order chi connectivity index (χ0) is 20.8. The lowest BCUT2D eigenvalue weighted by Crippen LogP contribution is -2.71. The Morgan fingerprint density at radius 3 is 2.28 bits per heavy atom. The average molecular weight is 420 g/mol. The summed E-state index contributed by atoms with van der Waals surface area (Å²) in [5.74, 6) is -2.57. The van der Waals surface area contributed by atoms with Crippen molar-refractivity contribution >= 4 is 33.6 Å². The summed E-state index contributed by atoms with van der Waals surface area (Å²) in [7, 11) is -4.03. The maximum atomic E-state index is 13.0. The van der Waals surface area contributed by atoms with Gasteiger partial charge < -0.3 is 4.74 Å². The van der Waals surface area contributed by atoms with Gasteiger partial charge in [-0.25, -0.2) is 26.9 Å². The maximum Gasteiger partial charge on any atom is 0.328 e.